The molecule has 0 spiro atoms. The zero-order valence-electron chi connectivity index (χ0n) is 20.7. The molecule has 0 saturated heterocycles. The van der Waals surface area contributed by atoms with E-state index in [2.05, 4.69) is 4.99 Å². The van der Waals surface area contributed by atoms with E-state index >= 15 is 0 Å². The lowest BCUT2D eigenvalue weighted by Crippen LogP contribution is -2.10. The zero-order chi connectivity index (χ0) is 27.4. The van der Waals surface area contributed by atoms with Gasteiger partial charge in [0, 0.05) is 10.6 Å². The Kier molecular flexibility index (Phi) is 8.09. The monoisotopic (exact) mass is 557 g/mol. The molecule has 0 saturated carbocycles. The van der Waals surface area contributed by atoms with Crippen LogP contribution in [0.3, 0.4) is 0 Å². The first kappa shape index (κ1) is 26.8. The molecular weight excluding hydrogens is 537 g/mol. The van der Waals surface area contributed by atoms with E-state index in [1.165, 1.54) is 58.8 Å². The van der Waals surface area contributed by atoms with E-state index < -0.39 is 11.9 Å². The first-order valence-corrected chi connectivity index (χ1v) is 11.7. The summed E-state index contributed by atoms with van der Waals surface area (Å²) >= 11 is 12.0. The van der Waals surface area contributed by atoms with E-state index in [0.29, 0.717) is 33.4 Å². The van der Waals surface area contributed by atoms with Crippen LogP contribution in [0.15, 0.2) is 59.2 Å². The second-order valence-electron chi connectivity index (χ2n) is 7.67. The molecule has 0 fully saturated rings. The molecule has 0 atom stereocenters. The van der Waals surface area contributed by atoms with Gasteiger partial charge >= 0.3 is 11.9 Å². The van der Waals surface area contributed by atoms with Crippen molar-refractivity contribution in [2.24, 2.45) is 4.99 Å². The average Bonchev–Trinajstić information content (AvgIpc) is 3.28. The van der Waals surface area contributed by atoms with Gasteiger partial charge in [0.25, 0.3) is 0 Å². The number of methoxy groups -OCH3 is 4. The molecule has 38 heavy (non-hydrogen) atoms. The van der Waals surface area contributed by atoms with Crippen LogP contribution in [0.4, 0.5) is 0 Å². The number of carbonyl (C=O) groups is 2. The molecule has 0 bridgehead atoms. The van der Waals surface area contributed by atoms with Gasteiger partial charge < -0.3 is 28.4 Å². The molecule has 0 aromatic heterocycles. The number of hydrogen-bond acceptors (Lipinski definition) is 9. The SMILES string of the molecule is COc1cc(/C=C2\N=C(c3cc(OC)c(OC)c(OC)c3)OC2=O)ccc1OC(=O)c1ccc(Cl)cc1Cl. The van der Waals surface area contributed by atoms with Gasteiger partial charge in [-0.2, -0.15) is 0 Å². The second-order valence-corrected chi connectivity index (χ2v) is 8.52. The number of rotatable bonds is 8. The van der Waals surface area contributed by atoms with E-state index in [9.17, 15) is 9.59 Å². The number of carbonyl (C=O) groups excluding carboxylic acids is 2. The average molecular weight is 558 g/mol. The van der Waals surface area contributed by atoms with Gasteiger partial charge in [0.15, 0.2) is 28.7 Å². The maximum atomic E-state index is 12.6. The van der Waals surface area contributed by atoms with Gasteiger partial charge in [0.2, 0.25) is 11.6 Å². The van der Waals surface area contributed by atoms with Crippen LogP contribution in [0.2, 0.25) is 10.0 Å². The molecule has 1 heterocycles. The highest BCUT2D eigenvalue weighted by Crippen LogP contribution is 2.39. The molecular formula is C27H21Cl2NO8. The molecule has 0 radical (unpaired) electrons. The Labute approximate surface area is 228 Å². The maximum absolute atomic E-state index is 12.6. The highest BCUT2D eigenvalue weighted by atomic mass is 35.5. The third-order valence-electron chi connectivity index (χ3n) is 5.38. The van der Waals surface area contributed by atoms with E-state index in [-0.39, 0.29) is 33.7 Å². The molecule has 1 aliphatic heterocycles. The van der Waals surface area contributed by atoms with Crippen molar-refractivity contribution in [1.82, 2.24) is 0 Å². The summed E-state index contributed by atoms with van der Waals surface area (Å²) in [5.41, 5.74) is 1.20. The number of benzene rings is 3. The van der Waals surface area contributed by atoms with Gasteiger partial charge in [-0.15, -0.1) is 0 Å². The van der Waals surface area contributed by atoms with Crippen molar-refractivity contribution in [3.63, 3.8) is 0 Å². The molecule has 0 aliphatic carbocycles. The Morgan fingerprint density at radius 3 is 2.13 bits per heavy atom. The van der Waals surface area contributed by atoms with Crippen molar-refractivity contribution in [1.29, 1.82) is 0 Å². The van der Waals surface area contributed by atoms with E-state index in [4.69, 9.17) is 51.6 Å². The molecule has 0 unspecified atom stereocenters. The Morgan fingerprint density at radius 2 is 1.53 bits per heavy atom. The number of cyclic esters (lactones) is 1. The molecule has 9 nitrogen and oxygen atoms in total. The number of halogens is 2. The molecule has 4 rings (SSSR count). The van der Waals surface area contributed by atoms with Gasteiger partial charge in [-0.1, -0.05) is 29.3 Å². The van der Waals surface area contributed by atoms with Crippen LogP contribution in [-0.4, -0.2) is 46.3 Å². The Bertz CT molecular complexity index is 1460. The Hall–Kier alpha value is -4.21. The zero-order valence-corrected chi connectivity index (χ0v) is 22.2. The van der Waals surface area contributed by atoms with Gasteiger partial charge in [0.05, 0.1) is 39.0 Å². The Balaban J connectivity index is 1.61. The standard InChI is InChI=1S/C27H21Cl2NO8/c1-33-21-10-14(5-8-20(21)37-26(31)17-7-6-16(28)13-18(17)29)9-19-27(32)38-25(30-19)15-11-22(34-2)24(36-4)23(12-15)35-3/h5-13H,1-4H3/b19-9-. The lowest BCUT2D eigenvalue weighted by Gasteiger charge is -2.13. The smallest absolute Gasteiger partial charge is 0.363 e. The van der Waals surface area contributed by atoms with Crippen molar-refractivity contribution in [2.75, 3.05) is 28.4 Å². The van der Waals surface area contributed by atoms with Gasteiger partial charge in [0.1, 0.15) is 0 Å². The summed E-state index contributed by atoms with van der Waals surface area (Å²) in [7, 11) is 5.87. The van der Waals surface area contributed by atoms with Crippen LogP contribution < -0.4 is 23.7 Å². The fourth-order valence-corrected chi connectivity index (χ4v) is 4.05. The number of ether oxygens (including phenoxy) is 6. The minimum absolute atomic E-state index is 0.0495. The Morgan fingerprint density at radius 1 is 0.842 bits per heavy atom. The lowest BCUT2D eigenvalue weighted by molar-refractivity contribution is -0.129. The van der Waals surface area contributed by atoms with Crippen molar-refractivity contribution < 1.29 is 38.0 Å². The summed E-state index contributed by atoms with van der Waals surface area (Å²) in [4.78, 5) is 29.5. The number of nitrogens with zero attached hydrogens (tertiary/aromatic N) is 1. The van der Waals surface area contributed by atoms with Crippen molar-refractivity contribution >= 4 is 47.1 Å². The highest BCUT2D eigenvalue weighted by Gasteiger charge is 2.27. The summed E-state index contributed by atoms with van der Waals surface area (Å²) in [6.45, 7) is 0. The number of hydrogen-bond donors (Lipinski definition) is 0. The quantitative estimate of drug-likeness (QED) is 0.200. The van der Waals surface area contributed by atoms with Crippen LogP contribution >= 0.6 is 23.2 Å². The summed E-state index contributed by atoms with van der Waals surface area (Å²) in [5, 5.41) is 0.548. The van der Waals surface area contributed by atoms with Crippen LogP contribution in [0.25, 0.3) is 6.08 Å². The molecule has 0 N–H and O–H groups in total. The van der Waals surface area contributed by atoms with Crippen LogP contribution in [-0.2, 0) is 9.53 Å². The van der Waals surface area contributed by atoms with Crippen LogP contribution in [0, 0.1) is 0 Å². The molecule has 3 aromatic rings. The van der Waals surface area contributed by atoms with Crippen molar-refractivity contribution in [3.05, 3.63) is 81.0 Å². The molecule has 1 aliphatic rings. The van der Waals surface area contributed by atoms with Gasteiger partial charge in [-0.05, 0) is 54.1 Å². The highest BCUT2D eigenvalue weighted by molar-refractivity contribution is 6.36. The largest absolute Gasteiger partial charge is 0.493 e. The minimum Gasteiger partial charge on any atom is -0.493 e. The van der Waals surface area contributed by atoms with Crippen molar-refractivity contribution in [2.45, 2.75) is 0 Å². The molecule has 196 valence electrons. The van der Waals surface area contributed by atoms with E-state index in [1.54, 1.807) is 24.3 Å². The van der Waals surface area contributed by atoms with E-state index in [0.717, 1.165) is 0 Å². The summed E-state index contributed by atoms with van der Waals surface area (Å²) in [6.07, 6.45) is 1.51. The number of esters is 2. The minimum atomic E-state index is -0.685. The topological polar surface area (TPSA) is 102 Å². The fraction of sp³-hybridized carbons (Fsp3) is 0.148. The van der Waals surface area contributed by atoms with Gasteiger partial charge in [-0.3, -0.25) is 0 Å². The fourth-order valence-electron chi connectivity index (χ4n) is 3.56. The molecule has 0 amide bonds. The normalized spacial score (nSPS) is 13.6. The first-order valence-electron chi connectivity index (χ1n) is 11.0. The van der Waals surface area contributed by atoms with Gasteiger partial charge in [-0.25, -0.2) is 14.6 Å². The third-order valence-corrected chi connectivity index (χ3v) is 5.92. The second kappa shape index (κ2) is 11.5. The lowest BCUT2D eigenvalue weighted by atomic mass is 10.1. The molecule has 3 aromatic carbocycles. The predicted octanol–water partition coefficient (Wildman–Crippen LogP) is 5.59. The summed E-state index contributed by atoms with van der Waals surface area (Å²) < 4.78 is 32.2. The summed E-state index contributed by atoms with van der Waals surface area (Å²) in [5.74, 6) is 0.291. The van der Waals surface area contributed by atoms with Crippen LogP contribution in [0.1, 0.15) is 21.5 Å². The van der Waals surface area contributed by atoms with E-state index in [1.807, 2.05) is 0 Å². The summed E-state index contributed by atoms with van der Waals surface area (Å²) in [6, 6.07) is 12.4. The number of aliphatic imine (C=N–C) groups is 1. The van der Waals surface area contributed by atoms with Crippen LogP contribution in [0.5, 0.6) is 28.7 Å². The van der Waals surface area contributed by atoms with Crippen molar-refractivity contribution in [3.8, 4) is 28.7 Å². The predicted molar refractivity (Wildman–Crippen MR) is 141 cm³/mol. The molecule has 11 heteroatoms. The first-order chi connectivity index (χ1) is 18.3. The maximum Gasteiger partial charge on any atom is 0.363 e. The third kappa shape index (κ3) is 5.53.